The van der Waals surface area contributed by atoms with Crippen molar-refractivity contribution in [3.8, 4) is 11.8 Å². The van der Waals surface area contributed by atoms with Gasteiger partial charge in [0.2, 0.25) is 0 Å². The summed E-state index contributed by atoms with van der Waals surface area (Å²) >= 11 is 0. The van der Waals surface area contributed by atoms with E-state index in [4.69, 9.17) is 4.74 Å². The van der Waals surface area contributed by atoms with Gasteiger partial charge in [0.1, 0.15) is 11.7 Å². The summed E-state index contributed by atoms with van der Waals surface area (Å²) < 4.78 is 5.07. The van der Waals surface area contributed by atoms with E-state index in [9.17, 15) is 5.11 Å². The average Bonchev–Trinajstić information content (AvgIpc) is 2.64. The van der Waals surface area contributed by atoms with E-state index in [0.29, 0.717) is 12.5 Å². The Hall–Kier alpha value is -0.520. The fourth-order valence-corrected chi connectivity index (χ4v) is 0.922. The van der Waals surface area contributed by atoms with E-state index in [1.807, 2.05) is 6.92 Å². The molecule has 1 aliphatic rings. The molecule has 0 amide bonds. The van der Waals surface area contributed by atoms with Crippen LogP contribution in [-0.4, -0.2) is 23.4 Å². The minimum Gasteiger partial charge on any atom is -0.380 e. The van der Waals surface area contributed by atoms with Crippen LogP contribution < -0.4 is 0 Å². The molecule has 0 aliphatic carbocycles. The van der Waals surface area contributed by atoms with Gasteiger partial charge in [-0.15, -0.1) is 0 Å². The van der Waals surface area contributed by atoms with Crippen LogP contribution in [0.1, 0.15) is 27.2 Å². The van der Waals surface area contributed by atoms with Crippen molar-refractivity contribution in [1.29, 1.82) is 0 Å². The Balaban J connectivity index is 2.32. The van der Waals surface area contributed by atoms with Crippen LogP contribution >= 0.6 is 0 Å². The molecular formula is C10H16O2. The smallest absolute Gasteiger partial charge is 0.149 e. The van der Waals surface area contributed by atoms with E-state index in [1.54, 1.807) is 0 Å². The van der Waals surface area contributed by atoms with Crippen LogP contribution in [0.25, 0.3) is 0 Å². The molecule has 68 valence electrons. The number of rotatable bonds is 2. The topological polar surface area (TPSA) is 32.8 Å². The summed E-state index contributed by atoms with van der Waals surface area (Å²) in [6.45, 7) is 6.77. The van der Waals surface area contributed by atoms with Gasteiger partial charge >= 0.3 is 0 Å². The minimum atomic E-state index is -0.494. The van der Waals surface area contributed by atoms with Gasteiger partial charge in [-0.1, -0.05) is 25.7 Å². The zero-order valence-corrected chi connectivity index (χ0v) is 7.92. The van der Waals surface area contributed by atoms with Gasteiger partial charge in [-0.05, 0) is 19.3 Å². The maximum absolute atomic E-state index is 9.38. The number of aliphatic hydroxyl groups excluding tert-OH is 1. The van der Waals surface area contributed by atoms with Crippen molar-refractivity contribution >= 4 is 0 Å². The average molecular weight is 168 g/mol. The molecule has 0 radical (unpaired) electrons. The zero-order valence-electron chi connectivity index (χ0n) is 7.92. The largest absolute Gasteiger partial charge is 0.380 e. The third kappa shape index (κ3) is 3.25. The van der Waals surface area contributed by atoms with Crippen molar-refractivity contribution in [2.24, 2.45) is 5.92 Å². The molecule has 2 nitrogen and oxygen atoms in total. The second-order valence-electron chi connectivity index (χ2n) is 3.93. The third-order valence-electron chi connectivity index (χ3n) is 1.78. The molecule has 0 spiro atoms. The molecule has 1 rings (SSSR count). The maximum atomic E-state index is 9.38. The van der Waals surface area contributed by atoms with E-state index in [2.05, 4.69) is 25.7 Å². The predicted octanol–water partition coefficient (Wildman–Crippen LogP) is 1.19. The monoisotopic (exact) mass is 168 g/mol. The quantitative estimate of drug-likeness (QED) is 0.496. The number of hydrogen-bond acceptors (Lipinski definition) is 2. The van der Waals surface area contributed by atoms with Gasteiger partial charge in [-0.3, -0.25) is 0 Å². The fraction of sp³-hybridized carbons (Fsp3) is 0.800. The highest BCUT2D eigenvalue weighted by atomic mass is 16.6. The van der Waals surface area contributed by atoms with Gasteiger partial charge < -0.3 is 9.84 Å². The van der Waals surface area contributed by atoms with E-state index in [-0.39, 0.29) is 5.60 Å². The number of epoxide rings is 1. The van der Waals surface area contributed by atoms with E-state index >= 15 is 0 Å². The SMILES string of the molecule is CC(C)CC(O)C#CC1(C)CO1. The molecule has 0 aromatic rings. The first kappa shape index (κ1) is 9.57. The van der Waals surface area contributed by atoms with Crippen molar-refractivity contribution in [3.05, 3.63) is 0 Å². The normalized spacial score (nSPS) is 29.4. The highest BCUT2D eigenvalue weighted by molar-refractivity contribution is 5.20. The molecule has 0 saturated carbocycles. The second kappa shape index (κ2) is 3.47. The highest BCUT2D eigenvalue weighted by Gasteiger charge is 2.37. The van der Waals surface area contributed by atoms with Crippen molar-refractivity contribution in [2.75, 3.05) is 6.61 Å². The van der Waals surface area contributed by atoms with Gasteiger partial charge in [-0.25, -0.2) is 0 Å². The van der Waals surface area contributed by atoms with Crippen molar-refractivity contribution in [2.45, 2.75) is 38.9 Å². The maximum Gasteiger partial charge on any atom is 0.149 e. The molecule has 2 unspecified atom stereocenters. The minimum absolute atomic E-state index is 0.252. The zero-order chi connectivity index (χ0) is 9.19. The Morgan fingerprint density at radius 3 is 2.58 bits per heavy atom. The molecule has 1 aliphatic heterocycles. The van der Waals surface area contributed by atoms with Crippen LogP contribution in [0.4, 0.5) is 0 Å². The highest BCUT2D eigenvalue weighted by Crippen LogP contribution is 2.24. The Morgan fingerprint density at radius 2 is 2.17 bits per heavy atom. The Morgan fingerprint density at radius 1 is 1.58 bits per heavy atom. The van der Waals surface area contributed by atoms with Crippen molar-refractivity contribution in [3.63, 3.8) is 0 Å². The Labute approximate surface area is 73.9 Å². The van der Waals surface area contributed by atoms with Crippen LogP contribution in [0.3, 0.4) is 0 Å². The summed E-state index contributed by atoms with van der Waals surface area (Å²) in [5.41, 5.74) is -0.252. The third-order valence-corrected chi connectivity index (χ3v) is 1.78. The van der Waals surface area contributed by atoms with Gasteiger partial charge in [0.05, 0.1) is 6.61 Å². The first-order valence-electron chi connectivity index (χ1n) is 4.36. The lowest BCUT2D eigenvalue weighted by molar-refractivity contribution is 0.203. The first-order chi connectivity index (χ1) is 5.52. The van der Waals surface area contributed by atoms with Gasteiger partial charge in [0.25, 0.3) is 0 Å². The van der Waals surface area contributed by atoms with Crippen LogP contribution in [0.5, 0.6) is 0 Å². The number of hydrogen-bond donors (Lipinski definition) is 1. The second-order valence-corrected chi connectivity index (χ2v) is 3.93. The summed E-state index contributed by atoms with van der Waals surface area (Å²) in [6.07, 6.45) is 0.245. The molecule has 0 bridgehead atoms. The summed E-state index contributed by atoms with van der Waals surface area (Å²) in [7, 11) is 0. The standard InChI is InChI=1S/C10H16O2/c1-8(2)6-9(11)4-5-10(3)7-12-10/h8-9,11H,6-7H2,1-3H3. The van der Waals surface area contributed by atoms with Crippen LogP contribution in [-0.2, 0) is 4.74 Å². The summed E-state index contributed by atoms with van der Waals surface area (Å²) in [4.78, 5) is 0. The predicted molar refractivity (Wildman–Crippen MR) is 47.6 cm³/mol. The molecular weight excluding hydrogens is 152 g/mol. The molecule has 0 aromatic carbocycles. The van der Waals surface area contributed by atoms with E-state index in [0.717, 1.165) is 6.42 Å². The lowest BCUT2D eigenvalue weighted by Gasteiger charge is -2.05. The first-order valence-corrected chi connectivity index (χ1v) is 4.36. The van der Waals surface area contributed by atoms with Crippen LogP contribution in [0.2, 0.25) is 0 Å². The lowest BCUT2D eigenvalue weighted by atomic mass is 10.1. The molecule has 1 fully saturated rings. The molecule has 1 N–H and O–H groups in total. The lowest BCUT2D eigenvalue weighted by Crippen LogP contribution is -2.09. The fourth-order valence-electron chi connectivity index (χ4n) is 0.922. The van der Waals surface area contributed by atoms with Crippen molar-refractivity contribution < 1.29 is 9.84 Å². The summed E-state index contributed by atoms with van der Waals surface area (Å²) in [5, 5.41) is 9.38. The molecule has 2 atom stereocenters. The van der Waals surface area contributed by atoms with E-state index < -0.39 is 6.10 Å². The molecule has 1 heterocycles. The van der Waals surface area contributed by atoms with Crippen LogP contribution in [0, 0.1) is 17.8 Å². The Kier molecular flexibility index (Phi) is 2.76. The molecule has 0 aromatic heterocycles. The number of aliphatic hydroxyl groups is 1. The van der Waals surface area contributed by atoms with Gasteiger partial charge in [0.15, 0.2) is 0 Å². The Bertz CT molecular complexity index is 206. The van der Waals surface area contributed by atoms with Gasteiger partial charge in [0, 0.05) is 0 Å². The molecule has 12 heavy (non-hydrogen) atoms. The summed E-state index contributed by atoms with van der Waals surface area (Å²) in [5.74, 6) is 6.20. The number of ether oxygens (including phenoxy) is 1. The molecule has 2 heteroatoms. The van der Waals surface area contributed by atoms with E-state index in [1.165, 1.54) is 0 Å². The summed E-state index contributed by atoms with van der Waals surface area (Å²) in [6, 6.07) is 0. The van der Waals surface area contributed by atoms with Crippen LogP contribution in [0.15, 0.2) is 0 Å². The van der Waals surface area contributed by atoms with Gasteiger partial charge in [-0.2, -0.15) is 0 Å². The molecule has 1 saturated heterocycles. The van der Waals surface area contributed by atoms with Crippen molar-refractivity contribution in [1.82, 2.24) is 0 Å².